The van der Waals surface area contributed by atoms with E-state index in [1.54, 1.807) is 22.2 Å². The van der Waals surface area contributed by atoms with Crippen molar-refractivity contribution in [3.05, 3.63) is 12.4 Å². The Balaban J connectivity index is 2.04. The average Bonchev–Trinajstić information content (AvgIpc) is 2.84. The number of piperidine rings is 1. The molecule has 21 heavy (non-hydrogen) atoms. The van der Waals surface area contributed by atoms with E-state index in [1.165, 1.54) is 6.20 Å². The van der Waals surface area contributed by atoms with E-state index in [0.29, 0.717) is 18.8 Å². The van der Waals surface area contributed by atoms with Gasteiger partial charge in [0.2, 0.25) is 0 Å². The number of nitrogens with zero attached hydrogens (tertiary/aromatic N) is 3. The van der Waals surface area contributed by atoms with Gasteiger partial charge >= 0.3 is 10.2 Å². The lowest BCUT2D eigenvalue weighted by molar-refractivity contribution is 0.247. The highest BCUT2D eigenvalue weighted by Crippen LogP contribution is 2.21. The van der Waals surface area contributed by atoms with Gasteiger partial charge in [0.15, 0.2) is 0 Å². The summed E-state index contributed by atoms with van der Waals surface area (Å²) >= 11 is 0. The molecule has 0 bridgehead atoms. The van der Waals surface area contributed by atoms with Crippen molar-refractivity contribution >= 4 is 15.9 Å². The molecule has 0 radical (unpaired) electrons. The van der Waals surface area contributed by atoms with E-state index in [0.717, 1.165) is 32.2 Å². The van der Waals surface area contributed by atoms with Crippen LogP contribution in [0.4, 0.5) is 5.69 Å². The number of nitrogens with one attached hydrogen (secondary N) is 2. The van der Waals surface area contributed by atoms with Gasteiger partial charge in [-0.3, -0.25) is 9.40 Å². The van der Waals surface area contributed by atoms with Crippen LogP contribution < -0.4 is 10.0 Å². The summed E-state index contributed by atoms with van der Waals surface area (Å²) in [6.45, 7) is 4.31. The predicted octanol–water partition coefficient (Wildman–Crippen LogP) is 0.931. The van der Waals surface area contributed by atoms with Gasteiger partial charge in [0.25, 0.3) is 0 Å². The van der Waals surface area contributed by atoms with Gasteiger partial charge in [-0.25, -0.2) is 0 Å². The third kappa shape index (κ3) is 4.42. The van der Waals surface area contributed by atoms with Gasteiger partial charge in [-0.1, -0.05) is 13.3 Å². The van der Waals surface area contributed by atoms with Crippen LogP contribution in [0, 0.1) is 0 Å². The average molecular weight is 315 g/mol. The maximum atomic E-state index is 12.6. The van der Waals surface area contributed by atoms with E-state index in [4.69, 9.17) is 0 Å². The maximum Gasteiger partial charge on any atom is 0.302 e. The van der Waals surface area contributed by atoms with Gasteiger partial charge in [-0.05, 0) is 25.8 Å². The Morgan fingerprint density at radius 2 is 2.24 bits per heavy atom. The van der Waals surface area contributed by atoms with Crippen molar-refractivity contribution in [1.29, 1.82) is 0 Å². The summed E-state index contributed by atoms with van der Waals surface area (Å²) in [5, 5.41) is 7.31. The summed E-state index contributed by atoms with van der Waals surface area (Å²) in [5.74, 6) is 0. The van der Waals surface area contributed by atoms with E-state index < -0.39 is 10.2 Å². The van der Waals surface area contributed by atoms with Crippen LogP contribution in [-0.4, -0.2) is 48.2 Å². The minimum atomic E-state index is -3.52. The largest absolute Gasteiger partial charge is 0.315 e. The summed E-state index contributed by atoms with van der Waals surface area (Å²) in [6, 6.07) is 0.0273. The summed E-state index contributed by atoms with van der Waals surface area (Å²) in [4.78, 5) is 0. The van der Waals surface area contributed by atoms with Crippen molar-refractivity contribution in [3.63, 3.8) is 0 Å². The summed E-state index contributed by atoms with van der Waals surface area (Å²) in [5.41, 5.74) is 0.503. The van der Waals surface area contributed by atoms with E-state index in [1.807, 2.05) is 0 Å². The molecule has 0 aromatic carbocycles. The smallest absolute Gasteiger partial charge is 0.302 e. The lowest BCUT2D eigenvalue weighted by Gasteiger charge is -2.34. The molecule has 1 aliphatic rings. The van der Waals surface area contributed by atoms with Crippen molar-refractivity contribution in [1.82, 2.24) is 19.4 Å². The Hall–Kier alpha value is -1.12. The highest BCUT2D eigenvalue weighted by molar-refractivity contribution is 7.90. The number of rotatable bonds is 7. The third-order valence-electron chi connectivity index (χ3n) is 3.64. The Morgan fingerprint density at radius 1 is 1.43 bits per heavy atom. The lowest BCUT2D eigenvalue weighted by Crippen LogP contribution is -2.50. The van der Waals surface area contributed by atoms with Crippen molar-refractivity contribution < 1.29 is 8.42 Å². The monoisotopic (exact) mass is 315 g/mol. The van der Waals surface area contributed by atoms with Crippen molar-refractivity contribution in [2.24, 2.45) is 7.05 Å². The Kier molecular flexibility index (Phi) is 5.60. The third-order valence-corrected chi connectivity index (χ3v) is 5.23. The maximum absolute atomic E-state index is 12.6. The van der Waals surface area contributed by atoms with Gasteiger partial charge in [-0.2, -0.15) is 17.8 Å². The molecule has 2 heterocycles. The zero-order valence-electron chi connectivity index (χ0n) is 12.7. The fraction of sp³-hybridized carbons (Fsp3) is 0.769. The van der Waals surface area contributed by atoms with Crippen LogP contribution in [0.5, 0.6) is 0 Å². The summed E-state index contributed by atoms with van der Waals surface area (Å²) in [7, 11) is -1.76. The fourth-order valence-corrected chi connectivity index (χ4v) is 4.08. The van der Waals surface area contributed by atoms with E-state index in [-0.39, 0.29) is 6.04 Å². The molecule has 1 atom stereocenters. The molecule has 0 amide bonds. The van der Waals surface area contributed by atoms with Crippen LogP contribution in [0.3, 0.4) is 0 Å². The first-order chi connectivity index (χ1) is 10.0. The summed E-state index contributed by atoms with van der Waals surface area (Å²) in [6.07, 6.45) is 7.13. The quantitative estimate of drug-likeness (QED) is 0.734. The Morgan fingerprint density at radius 3 is 2.90 bits per heavy atom. The van der Waals surface area contributed by atoms with Crippen LogP contribution in [0.15, 0.2) is 12.4 Å². The number of hydrogen-bond donors (Lipinski definition) is 2. The van der Waals surface area contributed by atoms with Gasteiger partial charge in [0.1, 0.15) is 0 Å². The second-order valence-electron chi connectivity index (χ2n) is 5.47. The number of anilines is 1. The molecule has 1 aromatic heterocycles. The molecule has 0 aliphatic carbocycles. The van der Waals surface area contributed by atoms with Crippen molar-refractivity contribution in [2.75, 3.05) is 24.4 Å². The normalized spacial score (nSPS) is 20.6. The molecular formula is C13H25N5O2S. The number of aryl methyl sites for hydroxylation is 1. The van der Waals surface area contributed by atoms with Crippen LogP contribution in [0.25, 0.3) is 0 Å². The standard InChI is InChI=1S/C13H25N5O2S/c1-3-7-14-10-13-6-4-5-8-18(13)21(19,20)16-12-9-15-17(2)11-12/h9,11,13-14,16H,3-8,10H2,1-2H3. The second-order valence-corrected chi connectivity index (χ2v) is 7.10. The lowest BCUT2D eigenvalue weighted by atomic mass is 10.1. The molecule has 1 fully saturated rings. The SMILES string of the molecule is CCCNCC1CCCCN1S(=O)(=O)Nc1cnn(C)c1. The summed E-state index contributed by atoms with van der Waals surface area (Å²) < 4.78 is 30.9. The van der Waals surface area contributed by atoms with Crippen LogP contribution in [-0.2, 0) is 17.3 Å². The molecule has 1 unspecified atom stereocenters. The minimum Gasteiger partial charge on any atom is -0.315 e. The first kappa shape index (κ1) is 16.3. The molecule has 120 valence electrons. The van der Waals surface area contributed by atoms with Gasteiger partial charge < -0.3 is 5.32 Å². The zero-order chi connectivity index (χ0) is 15.3. The topological polar surface area (TPSA) is 79.3 Å². The molecule has 0 spiro atoms. The van der Waals surface area contributed by atoms with Gasteiger partial charge in [0, 0.05) is 32.4 Å². The number of hydrogen-bond acceptors (Lipinski definition) is 4. The Labute approximate surface area is 126 Å². The first-order valence-corrected chi connectivity index (χ1v) is 8.96. The molecule has 8 heteroatoms. The zero-order valence-corrected chi connectivity index (χ0v) is 13.6. The fourth-order valence-electron chi connectivity index (χ4n) is 2.62. The van der Waals surface area contributed by atoms with Crippen LogP contribution in [0.1, 0.15) is 32.6 Å². The van der Waals surface area contributed by atoms with E-state index >= 15 is 0 Å². The molecule has 0 saturated carbocycles. The second kappa shape index (κ2) is 7.24. The Bertz CT molecular complexity index is 543. The van der Waals surface area contributed by atoms with Crippen molar-refractivity contribution in [3.8, 4) is 0 Å². The van der Waals surface area contributed by atoms with Gasteiger partial charge in [-0.15, -0.1) is 0 Å². The highest BCUT2D eigenvalue weighted by Gasteiger charge is 2.32. The number of aromatic nitrogens is 2. The molecule has 2 rings (SSSR count). The van der Waals surface area contributed by atoms with E-state index in [2.05, 4.69) is 22.1 Å². The van der Waals surface area contributed by atoms with Crippen LogP contribution >= 0.6 is 0 Å². The molecule has 1 saturated heterocycles. The predicted molar refractivity (Wildman–Crippen MR) is 83.3 cm³/mol. The molecule has 1 aromatic rings. The van der Waals surface area contributed by atoms with Crippen molar-refractivity contribution in [2.45, 2.75) is 38.6 Å². The van der Waals surface area contributed by atoms with Gasteiger partial charge in [0.05, 0.1) is 11.9 Å². The molecule has 2 N–H and O–H groups in total. The highest BCUT2D eigenvalue weighted by atomic mass is 32.2. The molecule has 1 aliphatic heterocycles. The van der Waals surface area contributed by atoms with E-state index in [9.17, 15) is 8.42 Å². The van der Waals surface area contributed by atoms with Crippen LogP contribution in [0.2, 0.25) is 0 Å². The molecular weight excluding hydrogens is 290 g/mol. The minimum absolute atomic E-state index is 0.0273. The first-order valence-electron chi connectivity index (χ1n) is 7.52. The molecule has 7 nitrogen and oxygen atoms in total.